The molecule has 0 atom stereocenters. The fourth-order valence-electron chi connectivity index (χ4n) is 2.85. The van der Waals surface area contributed by atoms with E-state index in [1.165, 1.54) is 48.0 Å². The van der Waals surface area contributed by atoms with Crippen molar-refractivity contribution in [2.24, 2.45) is 0 Å². The molecular formula is C17H25N3S. The second-order valence-electron chi connectivity index (χ2n) is 6.16. The molecule has 1 aliphatic rings. The van der Waals surface area contributed by atoms with Crippen LogP contribution in [0.25, 0.3) is 10.9 Å². The minimum absolute atomic E-state index is 1.09. The molecule has 2 aromatic rings. The van der Waals surface area contributed by atoms with Gasteiger partial charge in [-0.1, -0.05) is 18.0 Å². The van der Waals surface area contributed by atoms with Gasteiger partial charge < -0.3 is 9.88 Å². The Hall–Kier alpha value is -0.970. The van der Waals surface area contributed by atoms with Crippen molar-refractivity contribution in [2.75, 3.05) is 33.7 Å². The summed E-state index contributed by atoms with van der Waals surface area (Å²) >= 11 is 1.99. The van der Waals surface area contributed by atoms with Gasteiger partial charge in [0.2, 0.25) is 0 Å². The molecule has 1 fully saturated rings. The lowest BCUT2D eigenvalue weighted by Gasteiger charge is -2.13. The van der Waals surface area contributed by atoms with Crippen LogP contribution in [-0.4, -0.2) is 47.9 Å². The number of hydrogen-bond donors (Lipinski definition) is 1. The van der Waals surface area contributed by atoms with E-state index in [9.17, 15) is 0 Å². The summed E-state index contributed by atoms with van der Waals surface area (Å²) in [5, 5.41) is 1.40. The molecular weight excluding hydrogens is 278 g/mol. The third-order valence-corrected chi connectivity index (χ3v) is 5.33. The van der Waals surface area contributed by atoms with Crippen LogP contribution in [0.5, 0.6) is 0 Å². The van der Waals surface area contributed by atoms with Gasteiger partial charge in [0.05, 0.1) is 0 Å². The Morgan fingerprint density at radius 2 is 2.05 bits per heavy atom. The molecule has 0 saturated carbocycles. The van der Waals surface area contributed by atoms with Gasteiger partial charge in [0.1, 0.15) is 0 Å². The highest BCUT2D eigenvalue weighted by molar-refractivity contribution is 7.96. The zero-order valence-corrected chi connectivity index (χ0v) is 13.9. The predicted molar refractivity (Wildman–Crippen MR) is 92.7 cm³/mol. The van der Waals surface area contributed by atoms with Crippen LogP contribution >= 0.6 is 11.9 Å². The van der Waals surface area contributed by atoms with Crippen LogP contribution in [-0.2, 0) is 12.2 Å². The van der Waals surface area contributed by atoms with Crippen LogP contribution in [0.3, 0.4) is 0 Å². The van der Waals surface area contributed by atoms with Gasteiger partial charge in [-0.25, -0.2) is 0 Å². The first-order valence-electron chi connectivity index (χ1n) is 7.84. The van der Waals surface area contributed by atoms with E-state index in [0.717, 1.165) is 18.7 Å². The lowest BCUT2D eigenvalue weighted by atomic mass is 10.1. The van der Waals surface area contributed by atoms with Gasteiger partial charge in [-0.3, -0.25) is 4.31 Å². The number of nitrogens with one attached hydrogen (secondary N) is 1. The zero-order chi connectivity index (χ0) is 14.7. The number of aromatic nitrogens is 1. The van der Waals surface area contributed by atoms with Gasteiger partial charge in [-0.15, -0.1) is 0 Å². The van der Waals surface area contributed by atoms with Crippen LogP contribution < -0.4 is 0 Å². The lowest BCUT2D eigenvalue weighted by Crippen LogP contribution is -2.14. The Labute approximate surface area is 131 Å². The van der Waals surface area contributed by atoms with Crippen molar-refractivity contribution >= 4 is 22.9 Å². The minimum atomic E-state index is 1.09. The van der Waals surface area contributed by atoms with Crippen molar-refractivity contribution in [3.8, 4) is 0 Å². The highest BCUT2D eigenvalue weighted by Gasteiger charge is 2.12. The number of rotatable bonds is 6. The maximum Gasteiger partial charge on any atom is 0.0457 e. The third kappa shape index (κ3) is 3.82. The van der Waals surface area contributed by atoms with E-state index in [-0.39, 0.29) is 0 Å². The van der Waals surface area contributed by atoms with Crippen LogP contribution in [0.1, 0.15) is 24.0 Å². The standard InChI is InChI=1S/C17H25N3S/c1-19(2)10-7-15-12-18-17-6-5-14(11-16(15)17)13-21-20-8-3-4-9-20/h5-6,11-12,18H,3-4,7-10,13H2,1-2H3. The molecule has 114 valence electrons. The van der Waals surface area contributed by atoms with Crippen LogP contribution in [0.4, 0.5) is 0 Å². The third-order valence-electron chi connectivity index (χ3n) is 4.14. The number of hydrogen-bond acceptors (Lipinski definition) is 3. The fourth-order valence-corrected chi connectivity index (χ4v) is 3.88. The van der Waals surface area contributed by atoms with E-state index in [2.05, 4.69) is 52.7 Å². The largest absolute Gasteiger partial charge is 0.361 e. The quantitative estimate of drug-likeness (QED) is 0.826. The average molecular weight is 303 g/mol. The molecule has 1 aromatic carbocycles. The molecule has 1 saturated heterocycles. The van der Waals surface area contributed by atoms with Crippen LogP contribution in [0, 0.1) is 0 Å². The Balaban J connectivity index is 1.69. The summed E-state index contributed by atoms with van der Waals surface area (Å²) in [5.74, 6) is 1.09. The summed E-state index contributed by atoms with van der Waals surface area (Å²) in [7, 11) is 4.26. The number of H-pyrrole nitrogens is 1. The molecule has 2 heterocycles. The van der Waals surface area contributed by atoms with Crippen LogP contribution in [0.15, 0.2) is 24.4 Å². The maximum absolute atomic E-state index is 3.40. The number of benzene rings is 1. The highest BCUT2D eigenvalue weighted by Crippen LogP contribution is 2.26. The molecule has 0 bridgehead atoms. The minimum Gasteiger partial charge on any atom is -0.361 e. The number of nitrogens with zero attached hydrogens (tertiary/aromatic N) is 2. The molecule has 3 rings (SSSR count). The highest BCUT2D eigenvalue weighted by atomic mass is 32.2. The first kappa shape index (κ1) is 14.9. The fraction of sp³-hybridized carbons (Fsp3) is 0.529. The summed E-state index contributed by atoms with van der Waals surface area (Å²) in [5.41, 5.74) is 4.13. The summed E-state index contributed by atoms with van der Waals surface area (Å²) in [4.78, 5) is 5.64. The smallest absolute Gasteiger partial charge is 0.0457 e. The van der Waals surface area contributed by atoms with E-state index < -0.39 is 0 Å². The number of likely N-dealkylation sites (N-methyl/N-ethyl adjacent to an activating group) is 1. The van der Waals surface area contributed by atoms with E-state index in [1.54, 1.807) is 0 Å². The first-order valence-corrected chi connectivity index (χ1v) is 8.78. The molecule has 4 heteroatoms. The van der Waals surface area contributed by atoms with Gasteiger partial charge >= 0.3 is 0 Å². The van der Waals surface area contributed by atoms with Crippen molar-refractivity contribution < 1.29 is 0 Å². The molecule has 0 unspecified atom stereocenters. The van der Waals surface area contributed by atoms with Crippen LogP contribution in [0.2, 0.25) is 0 Å². The van der Waals surface area contributed by atoms with Crippen molar-refractivity contribution in [2.45, 2.75) is 25.0 Å². The van der Waals surface area contributed by atoms with Gasteiger partial charge in [0.15, 0.2) is 0 Å². The molecule has 1 N–H and O–H groups in total. The van der Waals surface area contributed by atoms with Crippen molar-refractivity contribution in [1.29, 1.82) is 0 Å². The molecule has 1 aliphatic heterocycles. The molecule has 0 aliphatic carbocycles. The Morgan fingerprint density at radius 3 is 2.81 bits per heavy atom. The Bertz CT molecular complexity index is 585. The summed E-state index contributed by atoms with van der Waals surface area (Å²) in [6.45, 7) is 3.61. The molecule has 21 heavy (non-hydrogen) atoms. The van der Waals surface area contributed by atoms with Crippen molar-refractivity contribution in [3.63, 3.8) is 0 Å². The first-order chi connectivity index (χ1) is 10.2. The lowest BCUT2D eigenvalue weighted by molar-refractivity contribution is 0.414. The number of fused-ring (bicyclic) bond motifs is 1. The Morgan fingerprint density at radius 1 is 1.24 bits per heavy atom. The maximum atomic E-state index is 3.40. The molecule has 0 radical (unpaired) electrons. The Kier molecular flexibility index (Phi) is 4.88. The normalized spacial score (nSPS) is 16.3. The van der Waals surface area contributed by atoms with Crippen molar-refractivity contribution in [3.05, 3.63) is 35.5 Å². The SMILES string of the molecule is CN(C)CCc1c[nH]c2ccc(CSN3CCCC3)cc12. The second-order valence-corrected chi connectivity index (χ2v) is 7.22. The summed E-state index contributed by atoms with van der Waals surface area (Å²) in [6.07, 6.45) is 6.00. The van der Waals surface area contributed by atoms with E-state index in [4.69, 9.17) is 0 Å². The van der Waals surface area contributed by atoms with Gasteiger partial charge in [0, 0.05) is 42.5 Å². The average Bonchev–Trinajstić information content (AvgIpc) is 3.12. The summed E-state index contributed by atoms with van der Waals surface area (Å²) < 4.78 is 2.51. The summed E-state index contributed by atoms with van der Waals surface area (Å²) in [6, 6.07) is 6.87. The molecule has 1 aromatic heterocycles. The second kappa shape index (κ2) is 6.86. The van der Waals surface area contributed by atoms with E-state index in [0.29, 0.717) is 0 Å². The zero-order valence-electron chi connectivity index (χ0n) is 13.1. The van der Waals surface area contributed by atoms with E-state index >= 15 is 0 Å². The topological polar surface area (TPSA) is 22.3 Å². The van der Waals surface area contributed by atoms with E-state index in [1.807, 2.05) is 11.9 Å². The molecule has 3 nitrogen and oxygen atoms in total. The van der Waals surface area contributed by atoms with Gasteiger partial charge in [-0.2, -0.15) is 0 Å². The van der Waals surface area contributed by atoms with Gasteiger partial charge in [-0.05, 0) is 56.6 Å². The monoisotopic (exact) mass is 303 g/mol. The van der Waals surface area contributed by atoms with Gasteiger partial charge in [0.25, 0.3) is 0 Å². The predicted octanol–water partition coefficient (Wildman–Crippen LogP) is 3.52. The molecule has 0 spiro atoms. The molecule has 0 amide bonds. The van der Waals surface area contributed by atoms with Crippen molar-refractivity contribution in [1.82, 2.24) is 14.2 Å². The number of aromatic amines is 1.